The van der Waals surface area contributed by atoms with Crippen molar-refractivity contribution in [2.75, 3.05) is 37.7 Å². The van der Waals surface area contributed by atoms with Gasteiger partial charge >= 0.3 is 5.97 Å². The van der Waals surface area contributed by atoms with Crippen molar-refractivity contribution in [3.05, 3.63) is 58.1 Å². The summed E-state index contributed by atoms with van der Waals surface area (Å²) in [7, 11) is 0. The van der Waals surface area contributed by atoms with Gasteiger partial charge in [0.25, 0.3) is 5.91 Å². The highest BCUT2D eigenvalue weighted by molar-refractivity contribution is 6.31. The Morgan fingerprint density at radius 3 is 2.32 bits per heavy atom. The average Bonchev–Trinajstić information content (AvgIpc) is 3.72. The number of piperidine rings is 1. The van der Waals surface area contributed by atoms with Crippen LogP contribution in [0.3, 0.4) is 0 Å². The monoisotopic (exact) mass is 832 g/mol. The number of fused-ring (bicyclic) bond motifs is 1. The molecule has 0 radical (unpaired) electrons. The molecule has 1 aliphatic carbocycles. The van der Waals surface area contributed by atoms with E-state index in [1.807, 2.05) is 37.8 Å². The molecule has 1 saturated carbocycles. The summed E-state index contributed by atoms with van der Waals surface area (Å²) in [4.78, 5) is 70.0. The number of hydrogen-bond donors (Lipinski definition) is 2. The number of nitriles is 1. The number of anilines is 1. The highest BCUT2D eigenvalue weighted by atomic mass is 35.5. The fraction of sp³-hybridized carbons (Fsp3) is 0.591. The van der Waals surface area contributed by atoms with Crippen LogP contribution in [-0.2, 0) is 35.2 Å². The predicted molar refractivity (Wildman–Crippen MR) is 220 cm³/mol. The van der Waals surface area contributed by atoms with Gasteiger partial charge in [-0.15, -0.1) is 0 Å². The zero-order valence-corrected chi connectivity index (χ0v) is 36.1. The number of benzene rings is 2. The maximum atomic E-state index is 13.9. The van der Waals surface area contributed by atoms with Crippen molar-refractivity contribution < 1.29 is 38.2 Å². The average molecular weight is 833 g/mol. The Labute approximate surface area is 351 Å². The predicted octanol–water partition coefficient (Wildman–Crippen LogP) is 4.83. The van der Waals surface area contributed by atoms with Crippen LogP contribution < -0.4 is 20.7 Å². The summed E-state index contributed by atoms with van der Waals surface area (Å²) in [5.74, 6) is -1.28. The molecule has 3 atom stereocenters. The third-order valence-electron chi connectivity index (χ3n) is 12.5. The summed E-state index contributed by atoms with van der Waals surface area (Å²) >= 11 is 6.29. The summed E-state index contributed by atoms with van der Waals surface area (Å²) in [6.07, 6.45) is 0.967. The van der Waals surface area contributed by atoms with Crippen molar-refractivity contribution in [3.63, 3.8) is 0 Å². The van der Waals surface area contributed by atoms with Crippen LogP contribution in [0.4, 0.5) is 5.69 Å². The lowest BCUT2D eigenvalue weighted by Gasteiger charge is -2.65. The largest absolute Gasteiger partial charge is 0.489 e. The minimum absolute atomic E-state index is 0.0125. The van der Waals surface area contributed by atoms with Gasteiger partial charge in [0.1, 0.15) is 42.7 Å². The number of carbonyl (C=O) groups excluding carboxylic acids is 5. The van der Waals surface area contributed by atoms with Gasteiger partial charge in [-0.05, 0) is 60.1 Å². The van der Waals surface area contributed by atoms with Crippen LogP contribution >= 0.6 is 11.6 Å². The van der Waals surface area contributed by atoms with E-state index in [4.69, 9.17) is 31.5 Å². The normalized spacial score (nSPS) is 24.1. The van der Waals surface area contributed by atoms with Crippen molar-refractivity contribution in [1.82, 2.24) is 15.1 Å². The Morgan fingerprint density at radius 2 is 1.73 bits per heavy atom. The van der Waals surface area contributed by atoms with Crippen LogP contribution in [-0.4, -0.2) is 103 Å². The lowest BCUT2D eigenvalue weighted by Crippen LogP contribution is -2.74. The summed E-state index contributed by atoms with van der Waals surface area (Å²) in [6.45, 7) is 17.5. The van der Waals surface area contributed by atoms with Crippen LogP contribution in [0.5, 0.6) is 5.75 Å². The van der Waals surface area contributed by atoms with Crippen LogP contribution in [0.1, 0.15) is 96.1 Å². The molecule has 3 fully saturated rings. The number of hydrogen-bond acceptors (Lipinski definition) is 10. The lowest BCUT2D eigenvalue weighted by atomic mass is 9.49. The zero-order valence-electron chi connectivity index (χ0n) is 35.3. The van der Waals surface area contributed by atoms with Gasteiger partial charge in [0.2, 0.25) is 17.7 Å². The van der Waals surface area contributed by atoms with Gasteiger partial charge in [-0.1, -0.05) is 60.1 Å². The molecule has 3 heterocycles. The number of primary amides is 1. The third-order valence-corrected chi connectivity index (χ3v) is 12.8. The van der Waals surface area contributed by atoms with Gasteiger partial charge in [0.05, 0.1) is 23.7 Å². The van der Waals surface area contributed by atoms with Crippen LogP contribution in [0.25, 0.3) is 0 Å². The first-order chi connectivity index (χ1) is 27.6. The molecular weight excluding hydrogens is 776 g/mol. The van der Waals surface area contributed by atoms with Crippen molar-refractivity contribution in [2.24, 2.45) is 27.9 Å². The Kier molecular flexibility index (Phi) is 12.3. The van der Waals surface area contributed by atoms with Gasteiger partial charge in [-0.3, -0.25) is 24.0 Å². The van der Waals surface area contributed by atoms with Gasteiger partial charge in [0, 0.05) is 67.2 Å². The van der Waals surface area contributed by atoms with Crippen molar-refractivity contribution >= 4 is 46.9 Å². The summed E-state index contributed by atoms with van der Waals surface area (Å²) in [5.41, 5.74) is 7.36. The molecule has 15 heteroatoms. The topological polar surface area (TPSA) is 185 Å². The molecule has 2 aromatic rings. The smallest absolute Gasteiger partial charge is 0.302 e. The number of carbonyl (C=O) groups is 5. The first-order valence-electron chi connectivity index (χ1n) is 20.3. The molecule has 0 unspecified atom stereocenters. The first kappa shape index (κ1) is 43.7. The second kappa shape index (κ2) is 16.6. The van der Waals surface area contributed by atoms with E-state index >= 15 is 0 Å². The van der Waals surface area contributed by atoms with E-state index < -0.39 is 47.3 Å². The number of halogens is 1. The van der Waals surface area contributed by atoms with Crippen LogP contribution in [0, 0.1) is 33.5 Å². The van der Waals surface area contributed by atoms with E-state index in [0.29, 0.717) is 29.5 Å². The first-order valence-corrected chi connectivity index (χ1v) is 20.7. The van der Waals surface area contributed by atoms with E-state index in [1.165, 1.54) is 11.8 Å². The number of nitrogens with zero attached hydrogens (tertiary/aromatic N) is 4. The van der Waals surface area contributed by atoms with Crippen LogP contribution in [0.15, 0.2) is 36.4 Å². The second-order valence-electron chi connectivity index (χ2n) is 18.8. The Morgan fingerprint density at radius 1 is 1.05 bits per heavy atom. The van der Waals surface area contributed by atoms with Crippen LogP contribution in [0.2, 0.25) is 5.02 Å². The highest BCUT2D eigenvalue weighted by Crippen LogP contribution is 2.59. The highest BCUT2D eigenvalue weighted by Gasteiger charge is 2.67. The number of nitrogens with one attached hydrogen (secondary N) is 1. The molecule has 4 amide bonds. The number of esters is 1. The fourth-order valence-corrected chi connectivity index (χ4v) is 10.3. The summed E-state index contributed by atoms with van der Waals surface area (Å²) in [6, 6.07) is 11.3. The van der Waals surface area contributed by atoms with Crippen molar-refractivity contribution in [1.29, 1.82) is 5.26 Å². The Hall–Kier alpha value is -4.87. The number of ether oxygens (including phenoxy) is 3. The zero-order chi connectivity index (χ0) is 43.2. The molecule has 318 valence electrons. The van der Waals surface area contributed by atoms with Gasteiger partial charge in [-0.25, -0.2) is 0 Å². The van der Waals surface area contributed by atoms with E-state index in [2.05, 4.69) is 50.0 Å². The minimum Gasteiger partial charge on any atom is -0.489 e. The third kappa shape index (κ3) is 8.87. The lowest BCUT2D eigenvalue weighted by molar-refractivity contribution is -0.199. The van der Waals surface area contributed by atoms with E-state index in [1.54, 1.807) is 18.2 Å². The van der Waals surface area contributed by atoms with Crippen molar-refractivity contribution in [2.45, 2.75) is 112 Å². The van der Waals surface area contributed by atoms with E-state index in [-0.39, 0.29) is 54.4 Å². The molecule has 0 aromatic heterocycles. The number of rotatable bonds is 12. The second-order valence-corrected chi connectivity index (χ2v) is 19.2. The molecule has 14 nitrogen and oxygen atoms in total. The Bertz CT molecular complexity index is 2020. The fourth-order valence-electron chi connectivity index (χ4n) is 10.1. The number of nitrogens with two attached hydrogens (primary N) is 1. The van der Waals surface area contributed by atoms with Gasteiger partial charge in [-0.2, -0.15) is 5.26 Å². The van der Waals surface area contributed by atoms with Crippen molar-refractivity contribution in [3.8, 4) is 11.8 Å². The van der Waals surface area contributed by atoms with Gasteiger partial charge in [0.15, 0.2) is 0 Å². The molecular formula is C44H57ClN6O8. The summed E-state index contributed by atoms with van der Waals surface area (Å²) in [5, 5.41) is 12.4. The number of amides is 4. The molecule has 3 N–H and O–H groups in total. The molecule has 59 heavy (non-hydrogen) atoms. The Balaban J connectivity index is 0.991. The molecule has 3 aliphatic heterocycles. The molecule has 6 rings (SSSR count). The maximum Gasteiger partial charge on any atom is 0.302 e. The molecule has 2 saturated heterocycles. The van der Waals surface area contributed by atoms with E-state index in [9.17, 15) is 29.2 Å². The molecule has 0 bridgehead atoms. The minimum atomic E-state index is -0.966. The molecule has 2 aromatic carbocycles. The molecule has 0 spiro atoms. The number of likely N-dealkylation sites (tertiary alicyclic amines) is 1. The standard InChI is InChI=1S/C44H57ClN6O8/c1-25(52)58-31-19-34(37(47)54)50(22-31)39(56)36(42(2,3)4)48-35(53)24-57-23-26-13-15-49(16-14-26)29-10-12-32-28(17-29)21-51(38(32)55)40-43(5,6)41(44(40,7)8)59-30-11-9-27(20-46)33(45)18-30/h9-12,17-18,26,31,34,36,40-41H,13-16,19,21-24H2,1-8H3,(H2,47,54)(H,48,53)/t31-,34+,36-,40?,41?/m1/s1. The quantitative estimate of drug-likeness (QED) is 0.281. The van der Waals surface area contributed by atoms with E-state index in [0.717, 1.165) is 42.7 Å². The SMILES string of the molecule is CC(=O)O[C@@H]1C[C@@H](C(N)=O)N(C(=O)[C@@H](NC(=O)COCC2CCN(c3ccc4c(c3)CN(C3C(C)(C)C(Oc5ccc(C#N)c(Cl)c5)C3(C)C)C4=O)CC2)C(C)(C)C)C1. The van der Waals surface area contributed by atoms with Gasteiger partial charge < -0.3 is 40.0 Å². The maximum absolute atomic E-state index is 13.9. The molecule has 4 aliphatic rings. The summed E-state index contributed by atoms with van der Waals surface area (Å²) < 4.78 is 17.6.